The van der Waals surface area contributed by atoms with Gasteiger partial charge in [-0.3, -0.25) is 4.79 Å². The number of unbranched alkanes of at least 4 members (excludes halogenated alkanes) is 1. The Hall–Kier alpha value is -5.01. The van der Waals surface area contributed by atoms with Gasteiger partial charge >= 0.3 is 0 Å². The van der Waals surface area contributed by atoms with Crippen LogP contribution in [0.3, 0.4) is 0 Å². The van der Waals surface area contributed by atoms with Crippen LogP contribution in [0.1, 0.15) is 31.7 Å². The highest BCUT2D eigenvalue weighted by molar-refractivity contribution is 5.72. The second kappa shape index (κ2) is 18.0. The van der Waals surface area contributed by atoms with Crippen molar-refractivity contribution in [1.29, 1.82) is 0 Å². The van der Waals surface area contributed by atoms with Gasteiger partial charge in [0, 0.05) is 55.9 Å². The molecule has 1 saturated heterocycles. The Morgan fingerprint density at radius 2 is 1.71 bits per heavy atom. The van der Waals surface area contributed by atoms with Gasteiger partial charge in [-0.25, -0.2) is 18.4 Å². The van der Waals surface area contributed by atoms with Crippen LogP contribution in [-0.4, -0.2) is 63.2 Å². The fourth-order valence-electron chi connectivity index (χ4n) is 4.97. The second-order valence-electron chi connectivity index (χ2n) is 10.3. The molecule has 1 aliphatic heterocycles. The standard InChI is InChI=1S/C18H17N5.C9H18N2O.C6H4F2.C2H2/c1-13-17(14-8-10-22-11-9-20-16(22)12-14)21-23(18(13)19-2)15-6-4-3-5-7-15;1-2-3-5-11-6-4-9(7-11)10-8-12;7-5-3-1-2-4-6(5)8;1-2/h3-12,19H,1-2H3;8-9H,2-7H2,1H3,(H,10,12);1-4H;1-2H/t;9-;;/m.0../s1. The number of pyridine rings is 1. The first kappa shape index (κ1) is 34.5. The second-order valence-corrected chi connectivity index (χ2v) is 10.3. The quantitative estimate of drug-likeness (QED) is 0.157. The lowest BCUT2D eigenvalue weighted by molar-refractivity contribution is -0.110. The molecule has 1 amide bonds. The summed E-state index contributed by atoms with van der Waals surface area (Å²) in [5.74, 6) is -0.602. The van der Waals surface area contributed by atoms with Crippen LogP contribution in [0, 0.1) is 31.4 Å². The van der Waals surface area contributed by atoms with Crippen LogP contribution in [-0.2, 0) is 4.79 Å². The van der Waals surface area contributed by atoms with Crippen LogP contribution in [0.25, 0.3) is 22.6 Å². The van der Waals surface area contributed by atoms with Gasteiger partial charge in [-0.1, -0.05) is 43.7 Å². The van der Waals surface area contributed by atoms with Crippen molar-refractivity contribution in [2.24, 2.45) is 0 Å². The number of hydrogen-bond acceptors (Lipinski definition) is 5. The highest BCUT2D eigenvalue weighted by Gasteiger charge is 2.20. The zero-order valence-corrected chi connectivity index (χ0v) is 26.0. The lowest BCUT2D eigenvalue weighted by Crippen LogP contribution is -2.31. The van der Waals surface area contributed by atoms with Gasteiger partial charge in [-0.2, -0.15) is 5.10 Å². The van der Waals surface area contributed by atoms with Crippen LogP contribution in [0.4, 0.5) is 14.6 Å². The van der Waals surface area contributed by atoms with Crippen LogP contribution >= 0.6 is 0 Å². The van der Waals surface area contributed by atoms with Gasteiger partial charge in [-0.05, 0) is 62.7 Å². The molecule has 45 heavy (non-hydrogen) atoms. The summed E-state index contributed by atoms with van der Waals surface area (Å²) >= 11 is 0. The van der Waals surface area contributed by atoms with Gasteiger partial charge in [0.2, 0.25) is 6.41 Å². The summed E-state index contributed by atoms with van der Waals surface area (Å²) in [6, 6.07) is 19.7. The van der Waals surface area contributed by atoms with Crippen molar-refractivity contribution < 1.29 is 13.6 Å². The average molecular weight is 614 g/mol. The van der Waals surface area contributed by atoms with E-state index in [2.05, 4.69) is 71.5 Å². The van der Waals surface area contributed by atoms with E-state index in [1.807, 2.05) is 46.7 Å². The molecule has 236 valence electrons. The molecule has 1 atom stereocenters. The lowest BCUT2D eigenvalue weighted by atomic mass is 10.1. The van der Waals surface area contributed by atoms with E-state index >= 15 is 0 Å². The number of amides is 1. The topological polar surface area (TPSA) is 79.5 Å². The molecule has 8 nitrogen and oxygen atoms in total. The number of para-hydroxylation sites is 1. The minimum atomic E-state index is -0.799. The van der Waals surface area contributed by atoms with E-state index in [9.17, 15) is 13.6 Å². The zero-order valence-electron chi connectivity index (χ0n) is 26.0. The van der Waals surface area contributed by atoms with Crippen molar-refractivity contribution in [2.45, 2.75) is 39.2 Å². The highest BCUT2D eigenvalue weighted by atomic mass is 19.2. The third kappa shape index (κ3) is 9.49. The number of imidazole rings is 1. The van der Waals surface area contributed by atoms with E-state index in [1.165, 1.54) is 31.5 Å². The number of halogens is 2. The molecule has 0 saturated carbocycles. The monoisotopic (exact) mass is 613 g/mol. The number of likely N-dealkylation sites (tertiary alicyclic amines) is 1. The van der Waals surface area contributed by atoms with Crippen molar-refractivity contribution in [1.82, 2.24) is 29.4 Å². The van der Waals surface area contributed by atoms with Gasteiger partial charge in [0.1, 0.15) is 11.5 Å². The number of rotatable bonds is 8. The van der Waals surface area contributed by atoms with Crippen LogP contribution in [0.2, 0.25) is 0 Å². The van der Waals surface area contributed by atoms with Gasteiger partial charge in [0.05, 0.1) is 11.4 Å². The number of aromatic nitrogens is 4. The molecule has 1 aliphatic rings. The average Bonchev–Trinajstić information content (AvgIpc) is 3.82. The maximum atomic E-state index is 11.9. The Morgan fingerprint density at radius 3 is 2.33 bits per heavy atom. The fraction of sp³-hybridized carbons (Fsp3) is 0.286. The van der Waals surface area contributed by atoms with Crippen LogP contribution < -0.4 is 10.6 Å². The molecule has 4 heterocycles. The molecule has 3 aromatic heterocycles. The first-order valence-electron chi connectivity index (χ1n) is 14.9. The number of hydrogen-bond donors (Lipinski definition) is 2. The fourth-order valence-corrected chi connectivity index (χ4v) is 4.97. The summed E-state index contributed by atoms with van der Waals surface area (Å²) < 4.78 is 27.8. The van der Waals surface area contributed by atoms with Crippen molar-refractivity contribution in [3.8, 4) is 29.8 Å². The van der Waals surface area contributed by atoms with E-state index in [0.717, 1.165) is 72.0 Å². The van der Waals surface area contributed by atoms with Crippen molar-refractivity contribution >= 4 is 17.9 Å². The molecule has 0 spiro atoms. The number of terminal acetylenes is 1. The first-order chi connectivity index (χ1) is 21.9. The molecular weight excluding hydrogens is 572 g/mol. The summed E-state index contributed by atoms with van der Waals surface area (Å²) in [6.07, 6.45) is 18.2. The summed E-state index contributed by atoms with van der Waals surface area (Å²) in [5, 5.41) is 10.9. The normalized spacial score (nSPS) is 13.8. The molecular formula is C35H41F2N7O. The minimum absolute atomic E-state index is 0.402. The molecule has 0 aliphatic carbocycles. The SMILES string of the molecule is C#C.CCCCN1CC[C@H](NC=O)C1.CNc1c(C)c(-c2ccn3ccnc3c2)nn1-c1ccccc1.Fc1ccccc1F. The Bertz CT molecular complexity index is 1610. The number of carbonyl (C=O) groups is 1. The molecule has 5 aromatic rings. The predicted molar refractivity (Wildman–Crippen MR) is 177 cm³/mol. The Kier molecular flexibility index (Phi) is 13.8. The van der Waals surface area contributed by atoms with Crippen molar-refractivity contribution in [3.05, 3.63) is 103 Å². The molecule has 0 bridgehead atoms. The number of anilines is 1. The Labute approximate surface area is 264 Å². The lowest BCUT2D eigenvalue weighted by Gasteiger charge is -2.14. The number of benzene rings is 2. The third-order valence-electron chi connectivity index (χ3n) is 7.26. The molecule has 0 unspecified atom stereocenters. The minimum Gasteiger partial charge on any atom is -0.373 e. The van der Waals surface area contributed by atoms with Gasteiger partial charge in [0.15, 0.2) is 11.6 Å². The third-order valence-corrected chi connectivity index (χ3v) is 7.26. The summed E-state index contributed by atoms with van der Waals surface area (Å²) in [4.78, 5) is 16.9. The van der Waals surface area contributed by atoms with E-state index in [0.29, 0.717) is 6.04 Å². The summed E-state index contributed by atoms with van der Waals surface area (Å²) in [5.41, 5.74) is 5.10. The van der Waals surface area contributed by atoms with E-state index in [1.54, 1.807) is 6.20 Å². The van der Waals surface area contributed by atoms with Gasteiger partial charge in [-0.15, -0.1) is 12.8 Å². The first-order valence-corrected chi connectivity index (χ1v) is 14.9. The van der Waals surface area contributed by atoms with Gasteiger partial charge < -0.3 is 19.9 Å². The smallest absolute Gasteiger partial charge is 0.207 e. The Balaban J connectivity index is 0.000000210. The van der Waals surface area contributed by atoms with Gasteiger partial charge in [0.25, 0.3) is 0 Å². The number of nitrogens with one attached hydrogen (secondary N) is 2. The number of fused-ring (bicyclic) bond motifs is 1. The zero-order chi connectivity index (χ0) is 32.6. The summed E-state index contributed by atoms with van der Waals surface area (Å²) in [6.45, 7) is 7.67. The van der Waals surface area contributed by atoms with E-state index in [-0.39, 0.29) is 0 Å². The van der Waals surface area contributed by atoms with Crippen molar-refractivity contribution in [3.63, 3.8) is 0 Å². The largest absolute Gasteiger partial charge is 0.373 e. The molecule has 10 heteroatoms. The molecule has 0 radical (unpaired) electrons. The predicted octanol–water partition coefficient (Wildman–Crippen LogP) is 6.36. The van der Waals surface area contributed by atoms with Crippen LogP contribution in [0.15, 0.2) is 85.3 Å². The highest BCUT2D eigenvalue weighted by Crippen LogP contribution is 2.30. The maximum absolute atomic E-state index is 11.9. The number of carbonyl (C=O) groups excluding carboxylic acids is 1. The Morgan fingerprint density at radius 1 is 1.02 bits per heavy atom. The molecule has 6 rings (SSSR count). The maximum Gasteiger partial charge on any atom is 0.207 e. The molecule has 2 aromatic carbocycles. The number of nitrogens with zero attached hydrogens (tertiary/aromatic N) is 5. The van der Waals surface area contributed by atoms with E-state index in [4.69, 9.17) is 5.10 Å². The molecule has 2 N–H and O–H groups in total. The van der Waals surface area contributed by atoms with Crippen LogP contribution in [0.5, 0.6) is 0 Å². The van der Waals surface area contributed by atoms with E-state index < -0.39 is 11.6 Å². The molecule has 1 fully saturated rings. The van der Waals surface area contributed by atoms with Crippen molar-refractivity contribution in [2.75, 3.05) is 32.0 Å². The summed E-state index contributed by atoms with van der Waals surface area (Å²) in [7, 11) is 1.92.